The molecule has 0 spiro atoms. The number of hydrogen-bond donors (Lipinski definition) is 1. The van der Waals surface area contributed by atoms with Gasteiger partial charge in [-0.2, -0.15) is 0 Å². The largest absolute Gasteiger partial charge is 0.454 e. The van der Waals surface area contributed by atoms with E-state index in [0.29, 0.717) is 13.2 Å². The lowest BCUT2D eigenvalue weighted by molar-refractivity contribution is 0.173. The second-order valence-corrected chi connectivity index (χ2v) is 5.65. The number of rotatable bonds is 5. The van der Waals surface area contributed by atoms with Crippen molar-refractivity contribution in [3.05, 3.63) is 52.0 Å². The molecule has 1 heterocycles. The Balaban J connectivity index is 1.70. The van der Waals surface area contributed by atoms with Gasteiger partial charge in [-0.25, -0.2) is 0 Å². The molecule has 0 bridgehead atoms. The Kier molecular flexibility index (Phi) is 4.31. The number of hydrogen-bond acceptors (Lipinski definition) is 4. The molecule has 0 saturated carbocycles. The molecule has 3 rings (SSSR count). The number of anilines is 1. The fraction of sp³-hybridized carbons (Fsp3) is 0.250. The summed E-state index contributed by atoms with van der Waals surface area (Å²) >= 11 is 3.51. The summed E-state index contributed by atoms with van der Waals surface area (Å²) in [6.45, 7) is 1.61. The van der Waals surface area contributed by atoms with E-state index in [2.05, 4.69) is 27.3 Å². The van der Waals surface area contributed by atoms with Gasteiger partial charge in [0.15, 0.2) is 11.5 Å². The molecule has 0 unspecified atom stereocenters. The monoisotopic (exact) mass is 349 g/mol. The molecule has 1 aliphatic rings. The van der Waals surface area contributed by atoms with Gasteiger partial charge in [-0.15, -0.1) is 0 Å². The Labute approximate surface area is 132 Å². The Hall–Kier alpha value is -1.72. The third-order valence-corrected chi connectivity index (χ3v) is 3.81. The minimum Gasteiger partial charge on any atom is -0.454 e. The van der Waals surface area contributed by atoms with Crippen LogP contribution in [0.4, 0.5) is 5.69 Å². The standard InChI is InChI=1S/C16H16BrNO3/c1-19-9-11-3-2-4-13(5-11)18-8-12-6-14(17)16-15(7-12)20-10-21-16/h2-7,18H,8-10H2,1H3. The number of fused-ring (bicyclic) bond motifs is 1. The van der Waals surface area contributed by atoms with Crippen molar-refractivity contribution >= 4 is 21.6 Å². The average Bonchev–Trinajstić information content (AvgIpc) is 2.95. The molecule has 2 aromatic rings. The van der Waals surface area contributed by atoms with Crippen molar-refractivity contribution in [3.8, 4) is 11.5 Å². The van der Waals surface area contributed by atoms with E-state index in [1.54, 1.807) is 7.11 Å². The van der Waals surface area contributed by atoms with Crippen LogP contribution in [0.5, 0.6) is 11.5 Å². The van der Waals surface area contributed by atoms with Crippen LogP contribution in [-0.4, -0.2) is 13.9 Å². The fourth-order valence-electron chi connectivity index (χ4n) is 2.26. The zero-order valence-corrected chi connectivity index (χ0v) is 13.3. The van der Waals surface area contributed by atoms with E-state index in [9.17, 15) is 0 Å². The summed E-state index contributed by atoms with van der Waals surface area (Å²) in [6, 6.07) is 12.2. The van der Waals surface area contributed by atoms with E-state index in [4.69, 9.17) is 14.2 Å². The van der Waals surface area contributed by atoms with Crippen LogP contribution >= 0.6 is 15.9 Å². The lowest BCUT2D eigenvalue weighted by Crippen LogP contribution is -2.00. The molecule has 110 valence electrons. The summed E-state index contributed by atoms with van der Waals surface area (Å²) in [7, 11) is 1.70. The summed E-state index contributed by atoms with van der Waals surface area (Å²) in [5.74, 6) is 1.56. The van der Waals surface area contributed by atoms with Crippen molar-refractivity contribution in [2.45, 2.75) is 13.2 Å². The van der Waals surface area contributed by atoms with E-state index in [-0.39, 0.29) is 6.79 Å². The quantitative estimate of drug-likeness (QED) is 0.887. The van der Waals surface area contributed by atoms with Crippen LogP contribution in [0.25, 0.3) is 0 Å². The van der Waals surface area contributed by atoms with Crippen molar-refractivity contribution in [2.24, 2.45) is 0 Å². The second kappa shape index (κ2) is 6.37. The topological polar surface area (TPSA) is 39.7 Å². The maximum absolute atomic E-state index is 5.43. The number of methoxy groups -OCH3 is 1. The first kappa shape index (κ1) is 14.2. The molecule has 2 aromatic carbocycles. The maximum atomic E-state index is 5.43. The Morgan fingerprint density at radius 2 is 2.10 bits per heavy atom. The Morgan fingerprint density at radius 1 is 1.19 bits per heavy atom. The molecule has 1 aliphatic heterocycles. The lowest BCUT2D eigenvalue weighted by atomic mass is 10.1. The molecule has 4 nitrogen and oxygen atoms in total. The van der Waals surface area contributed by atoms with Gasteiger partial charge in [0.25, 0.3) is 0 Å². The zero-order valence-electron chi connectivity index (χ0n) is 11.7. The fourth-order valence-corrected chi connectivity index (χ4v) is 2.87. The molecule has 0 radical (unpaired) electrons. The van der Waals surface area contributed by atoms with Gasteiger partial charge in [0, 0.05) is 19.3 Å². The van der Waals surface area contributed by atoms with Gasteiger partial charge in [-0.1, -0.05) is 12.1 Å². The normalized spacial score (nSPS) is 12.5. The van der Waals surface area contributed by atoms with Crippen LogP contribution in [-0.2, 0) is 17.9 Å². The summed E-state index contributed by atoms with van der Waals surface area (Å²) < 4.78 is 16.9. The van der Waals surface area contributed by atoms with Crippen LogP contribution in [0.3, 0.4) is 0 Å². The van der Waals surface area contributed by atoms with Crippen LogP contribution in [0.15, 0.2) is 40.9 Å². The molecule has 1 N–H and O–H groups in total. The molecule has 0 atom stereocenters. The first-order valence-corrected chi connectivity index (χ1v) is 7.45. The first-order chi connectivity index (χ1) is 10.3. The highest BCUT2D eigenvalue weighted by molar-refractivity contribution is 9.10. The first-order valence-electron chi connectivity index (χ1n) is 6.66. The van der Waals surface area contributed by atoms with Crippen LogP contribution in [0.1, 0.15) is 11.1 Å². The van der Waals surface area contributed by atoms with Gasteiger partial charge >= 0.3 is 0 Å². The zero-order chi connectivity index (χ0) is 14.7. The van der Waals surface area contributed by atoms with Crippen molar-refractivity contribution in [1.29, 1.82) is 0 Å². The average molecular weight is 350 g/mol. The van der Waals surface area contributed by atoms with Crippen molar-refractivity contribution in [2.75, 3.05) is 19.2 Å². The minimum atomic E-state index is 0.282. The predicted octanol–water partition coefficient (Wildman–Crippen LogP) is 3.94. The molecule has 0 fully saturated rings. The van der Waals surface area contributed by atoms with Crippen LogP contribution in [0.2, 0.25) is 0 Å². The van der Waals surface area contributed by atoms with Crippen LogP contribution in [0, 0.1) is 0 Å². The number of benzene rings is 2. The maximum Gasteiger partial charge on any atom is 0.231 e. The van der Waals surface area contributed by atoms with E-state index >= 15 is 0 Å². The van der Waals surface area contributed by atoms with E-state index in [1.165, 1.54) is 0 Å². The highest BCUT2D eigenvalue weighted by Gasteiger charge is 2.17. The molecule has 0 saturated heterocycles. The molecule has 5 heteroatoms. The summed E-state index contributed by atoms with van der Waals surface area (Å²) in [5, 5.41) is 3.41. The minimum absolute atomic E-state index is 0.282. The SMILES string of the molecule is COCc1cccc(NCc2cc(Br)c3c(c2)OCO3)c1. The van der Waals surface area contributed by atoms with Crippen molar-refractivity contribution in [1.82, 2.24) is 0 Å². The summed E-state index contributed by atoms with van der Waals surface area (Å²) in [6.07, 6.45) is 0. The lowest BCUT2D eigenvalue weighted by Gasteiger charge is -2.10. The smallest absolute Gasteiger partial charge is 0.231 e. The van der Waals surface area contributed by atoms with Crippen molar-refractivity contribution < 1.29 is 14.2 Å². The number of halogens is 1. The van der Waals surface area contributed by atoms with Gasteiger partial charge in [0.1, 0.15) is 0 Å². The molecule has 0 aromatic heterocycles. The third-order valence-electron chi connectivity index (χ3n) is 3.22. The predicted molar refractivity (Wildman–Crippen MR) is 84.7 cm³/mol. The molecule has 0 amide bonds. The van der Waals surface area contributed by atoms with Gasteiger partial charge in [0.05, 0.1) is 11.1 Å². The molecule has 21 heavy (non-hydrogen) atoms. The third kappa shape index (κ3) is 3.31. The van der Waals surface area contributed by atoms with E-state index < -0.39 is 0 Å². The summed E-state index contributed by atoms with van der Waals surface area (Å²) in [4.78, 5) is 0. The second-order valence-electron chi connectivity index (χ2n) is 4.80. The van der Waals surface area contributed by atoms with Gasteiger partial charge in [0.2, 0.25) is 6.79 Å². The van der Waals surface area contributed by atoms with Gasteiger partial charge in [-0.3, -0.25) is 0 Å². The molecular weight excluding hydrogens is 334 g/mol. The van der Waals surface area contributed by atoms with Gasteiger partial charge in [-0.05, 0) is 51.3 Å². The number of ether oxygens (including phenoxy) is 3. The van der Waals surface area contributed by atoms with Gasteiger partial charge < -0.3 is 19.5 Å². The van der Waals surface area contributed by atoms with Crippen molar-refractivity contribution in [3.63, 3.8) is 0 Å². The molecule has 0 aliphatic carbocycles. The highest BCUT2D eigenvalue weighted by Crippen LogP contribution is 2.40. The van der Waals surface area contributed by atoms with E-state index in [1.807, 2.05) is 30.3 Å². The molecular formula is C16H16BrNO3. The highest BCUT2D eigenvalue weighted by atomic mass is 79.9. The Morgan fingerprint density at radius 3 is 2.95 bits per heavy atom. The van der Waals surface area contributed by atoms with E-state index in [0.717, 1.165) is 32.8 Å². The Bertz CT molecular complexity index is 645. The van der Waals surface area contributed by atoms with Crippen LogP contribution < -0.4 is 14.8 Å². The summed E-state index contributed by atoms with van der Waals surface area (Å²) in [5.41, 5.74) is 3.34. The number of nitrogens with one attached hydrogen (secondary N) is 1.